The number of ether oxygens (including phenoxy) is 1. The van der Waals surface area contributed by atoms with Gasteiger partial charge in [-0.15, -0.1) is 0 Å². The number of nitro groups is 1. The van der Waals surface area contributed by atoms with Crippen LogP contribution in [0.15, 0.2) is 77.4 Å². The number of nitrogens with zero attached hydrogens (tertiary/aromatic N) is 1. The molecular formula is C20H13NO6. The zero-order valence-electron chi connectivity index (χ0n) is 13.9. The van der Waals surface area contributed by atoms with Crippen LogP contribution in [0.1, 0.15) is 26.5 Å². The Morgan fingerprint density at radius 1 is 1.04 bits per heavy atom. The second kappa shape index (κ2) is 7.92. The summed E-state index contributed by atoms with van der Waals surface area (Å²) in [6.45, 7) is 0. The Hall–Kier alpha value is -4.00. The molecule has 2 aromatic carbocycles. The van der Waals surface area contributed by atoms with Gasteiger partial charge in [0.05, 0.1) is 22.3 Å². The summed E-state index contributed by atoms with van der Waals surface area (Å²) in [4.78, 5) is 35.0. The normalized spacial score (nSPS) is 10.7. The Morgan fingerprint density at radius 3 is 2.59 bits per heavy atom. The first-order valence-corrected chi connectivity index (χ1v) is 7.86. The molecule has 3 aromatic rings. The van der Waals surface area contributed by atoms with Gasteiger partial charge in [-0.25, -0.2) is 4.79 Å². The van der Waals surface area contributed by atoms with Crippen LogP contribution in [0.3, 0.4) is 0 Å². The lowest BCUT2D eigenvalue weighted by molar-refractivity contribution is -0.384. The Balaban J connectivity index is 1.81. The largest absolute Gasteiger partial charge is 0.465 e. The molecule has 0 radical (unpaired) electrons. The number of para-hydroxylation sites is 1. The fraction of sp³-hybridized carbons (Fsp3) is 0. The van der Waals surface area contributed by atoms with Crippen molar-refractivity contribution < 1.29 is 23.7 Å². The number of rotatable bonds is 6. The van der Waals surface area contributed by atoms with Crippen molar-refractivity contribution >= 4 is 23.5 Å². The van der Waals surface area contributed by atoms with Crippen LogP contribution in [-0.4, -0.2) is 16.7 Å². The van der Waals surface area contributed by atoms with Crippen LogP contribution in [-0.2, 0) is 0 Å². The van der Waals surface area contributed by atoms with Crippen LogP contribution in [0.5, 0.6) is 5.75 Å². The average molecular weight is 363 g/mol. The number of hydrogen-bond donors (Lipinski definition) is 0. The topological polar surface area (TPSA) is 99.7 Å². The van der Waals surface area contributed by atoms with E-state index in [1.807, 2.05) is 0 Å². The highest BCUT2D eigenvalue weighted by Gasteiger charge is 2.17. The number of non-ortho nitro benzene ring substituents is 1. The van der Waals surface area contributed by atoms with Crippen LogP contribution in [0.25, 0.3) is 6.08 Å². The van der Waals surface area contributed by atoms with Crippen LogP contribution in [0.4, 0.5) is 5.69 Å². The zero-order valence-corrected chi connectivity index (χ0v) is 13.9. The molecule has 0 unspecified atom stereocenters. The number of furan rings is 1. The predicted molar refractivity (Wildman–Crippen MR) is 96.6 cm³/mol. The maximum absolute atomic E-state index is 12.4. The van der Waals surface area contributed by atoms with Gasteiger partial charge in [-0.3, -0.25) is 14.9 Å². The highest BCUT2D eigenvalue weighted by Crippen LogP contribution is 2.22. The molecule has 3 rings (SSSR count). The maximum atomic E-state index is 12.4. The maximum Gasteiger partial charge on any atom is 0.343 e. The van der Waals surface area contributed by atoms with E-state index in [4.69, 9.17) is 9.15 Å². The SMILES string of the molecule is O=C(Oc1ccccc1C(=O)/C=C/c1ccco1)c1cccc([N+](=O)[O-])c1. The minimum absolute atomic E-state index is 0.0116. The number of allylic oxidation sites excluding steroid dienone is 1. The molecule has 7 heteroatoms. The number of carbonyl (C=O) groups excluding carboxylic acids is 2. The summed E-state index contributed by atoms with van der Waals surface area (Å²) in [7, 11) is 0. The molecule has 0 N–H and O–H groups in total. The summed E-state index contributed by atoms with van der Waals surface area (Å²) >= 11 is 0. The molecule has 134 valence electrons. The molecule has 0 bridgehead atoms. The van der Waals surface area contributed by atoms with Gasteiger partial charge in [0.1, 0.15) is 11.5 Å². The van der Waals surface area contributed by atoms with Crippen LogP contribution < -0.4 is 4.74 Å². The highest BCUT2D eigenvalue weighted by atomic mass is 16.6. The highest BCUT2D eigenvalue weighted by molar-refractivity contribution is 6.09. The second-order valence-corrected chi connectivity index (χ2v) is 5.41. The van der Waals surface area contributed by atoms with Crippen molar-refractivity contribution in [2.75, 3.05) is 0 Å². The standard InChI is InChI=1S/C20H13NO6/c22-18(11-10-16-7-4-12-26-16)17-8-1-2-9-19(17)27-20(23)14-5-3-6-15(13-14)21(24)25/h1-13H/b11-10+. The van der Waals surface area contributed by atoms with E-state index in [2.05, 4.69) is 0 Å². The minimum atomic E-state index is -0.797. The van der Waals surface area contributed by atoms with Gasteiger partial charge in [-0.2, -0.15) is 0 Å². The van der Waals surface area contributed by atoms with E-state index in [-0.39, 0.29) is 28.3 Å². The van der Waals surface area contributed by atoms with Crippen molar-refractivity contribution in [1.29, 1.82) is 0 Å². The molecule has 0 atom stereocenters. The first-order valence-electron chi connectivity index (χ1n) is 7.86. The molecule has 0 spiro atoms. The molecular weight excluding hydrogens is 350 g/mol. The van der Waals surface area contributed by atoms with Crippen molar-refractivity contribution in [1.82, 2.24) is 0 Å². The second-order valence-electron chi connectivity index (χ2n) is 5.41. The van der Waals surface area contributed by atoms with E-state index in [1.165, 1.54) is 48.7 Å². The van der Waals surface area contributed by atoms with Crippen molar-refractivity contribution in [2.24, 2.45) is 0 Å². The molecule has 27 heavy (non-hydrogen) atoms. The molecule has 0 amide bonds. The molecule has 0 saturated heterocycles. The third kappa shape index (κ3) is 4.35. The van der Waals surface area contributed by atoms with E-state index < -0.39 is 10.9 Å². The van der Waals surface area contributed by atoms with Gasteiger partial charge < -0.3 is 9.15 Å². The number of carbonyl (C=O) groups is 2. The quantitative estimate of drug-likeness (QED) is 0.162. The van der Waals surface area contributed by atoms with Gasteiger partial charge in [0.2, 0.25) is 0 Å². The van der Waals surface area contributed by atoms with Gasteiger partial charge in [0, 0.05) is 12.1 Å². The van der Waals surface area contributed by atoms with E-state index in [9.17, 15) is 19.7 Å². The monoisotopic (exact) mass is 363 g/mol. The number of benzene rings is 2. The van der Waals surface area contributed by atoms with E-state index in [0.717, 1.165) is 6.07 Å². The summed E-state index contributed by atoms with van der Waals surface area (Å²) in [6.07, 6.45) is 4.29. The molecule has 1 aromatic heterocycles. The Morgan fingerprint density at radius 2 is 1.85 bits per heavy atom. The van der Waals surface area contributed by atoms with Crippen LogP contribution in [0.2, 0.25) is 0 Å². The van der Waals surface area contributed by atoms with Gasteiger partial charge >= 0.3 is 5.97 Å². The first kappa shape index (κ1) is 17.8. The molecule has 0 aliphatic carbocycles. The smallest absolute Gasteiger partial charge is 0.343 e. The summed E-state index contributed by atoms with van der Waals surface area (Å²) in [6, 6.07) is 14.8. The number of esters is 1. The van der Waals surface area contributed by atoms with Crippen molar-refractivity contribution in [2.45, 2.75) is 0 Å². The fourth-order valence-corrected chi connectivity index (χ4v) is 2.30. The molecule has 1 heterocycles. The van der Waals surface area contributed by atoms with Gasteiger partial charge in [0.15, 0.2) is 5.78 Å². The van der Waals surface area contributed by atoms with E-state index in [0.29, 0.717) is 5.76 Å². The Labute approximate surface area is 153 Å². The van der Waals surface area contributed by atoms with Gasteiger partial charge in [-0.05, 0) is 42.5 Å². The molecule has 0 saturated carbocycles. The van der Waals surface area contributed by atoms with Crippen molar-refractivity contribution in [3.05, 3.63) is 100 Å². The summed E-state index contributed by atoms with van der Waals surface area (Å²) < 4.78 is 10.4. The molecule has 0 fully saturated rings. The van der Waals surface area contributed by atoms with Crippen LogP contribution in [0, 0.1) is 10.1 Å². The average Bonchev–Trinajstić information content (AvgIpc) is 3.20. The number of nitro benzene ring substituents is 1. The minimum Gasteiger partial charge on any atom is -0.465 e. The number of hydrogen-bond acceptors (Lipinski definition) is 6. The lowest BCUT2D eigenvalue weighted by Gasteiger charge is -2.08. The first-order chi connectivity index (χ1) is 13.0. The van der Waals surface area contributed by atoms with Gasteiger partial charge in [0.25, 0.3) is 5.69 Å². The lowest BCUT2D eigenvalue weighted by atomic mass is 10.1. The summed E-state index contributed by atoms with van der Waals surface area (Å²) in [5.41, 5.74) is -0.0353. The fourth-order valence-electron chi connectivity index (χ4n) is 2.30. The Bertz CT molecular complexity index is 1020. The molecule has 7 nitrogen and oxygen atoms in total. The van der Waals surface area contributed by atoms with E-state index in [1.54, 1.807) is 24.3 Å². The van der Waals surface area contributed by atoms with Crippen LogP contribution >= 0.6 is 0 Å². The van der Waals surface area contributed by atoms with Crippen molar-refractivity contribution in [3.63, 3.8) is 0 Å². The van der Waals surface area contributed by atoms with E-state index >= 15 is 0 Å². The third-order valence-electron chi connectivity index (χ3n) is 3.59. The molecule has 0 aliphatic heterocycles. The third-order valence-corrected chi connectivity index (χ3v) is 3.59. The predicted octanol–water partition coefficient (Wildman–Crippen LogP) is 4.30. The Kier molecular flexibility index (Phi) is 5.22. The van der Waals surface area contributed by atoms with Crippen molar-refractivity contribution in [3.8, 4) is 5.75 Å². The molecule has 0 aliphatic rings. The number of ketones is 1. The summed E-state index contributed by atoms with van der Waals surface area (Å²) in [5.74, 6) is -0.611. The lowest BCUT2D eigenvalue weighted by Crippen LogP contribution is -2.11. The summed E-state index contributed by atoms with van der Waals surface area (Å²) in [5, 5.41) is 10.8. The van der Waals surface area contributed by atoms with Gasteiger partial charge in [-0.1, -0.05) is 18.2 Å². The zero-order chi connectivity index (χ0) is 19.2.